The van der Waals surface area contributed by atoms with Gasteiger partial charge in [-0.3, -0.25) is 0 Å². The van der Waals surface area contributed by atoms with E-state index in [2.05, 4.69) is 20.3 Å². The van der Waals surface area contributed by atoms with Gasteiger partial charge in [0, 0.05) is 13.7 Å². The molecule has 2 aromatic rings. The van der Waals surface area contributed by atoms with Crippen molar-refractivity contribution in [2.45, 2.75) is 19.4 Å². The van der Waals surface area contributed by atoms with Gasteiger partial charge in [-0.1, -0.05) is 16.8 Å². The zero-order valence-corrected chi connectivity index (χ0v) is 9.85. The lowest BCUT2D eigenvalue weighted by Gasteiger charge is -2.10. The Balaban J connectivity index is 2.34. The molecule has 0 bridgehead atoms. The molecule has 2 aromatic heterocycles. The number of aromatic nitrogens is 5. The average molecular weight is 242 g/mol. The molecule has 2 rings (SSSR count). The van der Waals surface area contributed by atoms with Gasteiger partial charge in [0.05, 0.1) is 6.04 Å². The summed E-state index contributed by atoms with van der Waals surface area (Å²) in [6.07, 6.45) is 2.25. The van der Waals surface area contributed by atoms with Crippen LogP contribution >= 0.6 is 11.6 Å². The first-order valence-electron chi connectivity index (χ1n) is 4.94. The fourth-order valence-corrected chi connectivity index (χ4v) is 1.61. The Labute approximate surface area is 97.6 Å². The Morgan fingerprint density at radius 3 is 3.06 bits per heavy atom. The minimum atomic E-state index is 0.163. The van der Waals surface area contributed by atoms with Crippen LogP contribution in [-0.2, 0) is 4.74 Å². The number of ether oxygens (including phenoxy) is 1. The van der Waals surface area contributed by atoms with Gasteiger partial charge >= 0.3 is 0 Å². The summed E-state index contributed by atoms with van der Waals surface area (Å²) >= 11 is 5.89. The molecule has 0 spiro atoms. The van der Waals surface area contributed by atoms with Crippen molar-refractivity contribution in [3.05, 3.63) is 11.5 Å². The van der Waals surface area contributed by atoms with Crippen molar-refractivity contribution in [3.8, 4) is 0 Å². The van der Waals surface area contributed by atoms with Crippen molar-refractivity contribution in [2.75, 3.05) is 13.7 Å². The number of fused-ring (bicyclic) bond motifs is 1. The van der Waals surface area contributed by atoms with Gasteiger partial charge in [0.2, 0.25) is 0 Å². The third-order valence-corrected chi connectivity index (χ3v) is 2.65. The van der Waals surface area contributed by atoms with E-state index >= 15 is 0 Å². The van der Waals surface area contributed by atoms with Gasteiger partial charge in [0.1, 0.15) is 6.33 Å². The van der Waals surface area contributed by atoms with E-state index in [1.807, 2.05) is 6.92 Å². The lowest BCUT2D eigenvalue weighted by molar-refractivity contribution is 0.179. The van der Waals surface area contributed by atoms with Crippen LogP contribution in [0.25, 0.3) is 11.2 Å². The molecule has 86 valence electrons. The molecule has 1 unspecified atom stereocenters. The maximum absolute atomic E-state index is 5.89. The van der Waals surface area contributed by atoms with Gasteiger partial charge in [0.15, 0.2) is 16.3 Å². The minimum Gasteiger partial charge on any atom is -0.385 e. The van der Waals surface area contributed by atoms with Crippen LogP contribution in [0.4, 0.5) is 0 Å². The second kappa shape index (κ2) is 4.71. The van der Waals surface area contributed by atoms with Crippen LogP contribution < -0.4 is 0 Å². The van der Waals surface area contributed by atoms with E-state index < -0.39 is 0 Å². The van der Waals surface area contributed by atoms with Crippen molar-refractivity contribution in [1.82, 2.24) is 25.0 Å². The molecule has 0 aliphatic heterocycles. The van der Waals surface area contributed by atoms with Crippen molar-refractivity contribution in [3.63, 3.8) is 0 Å². The molecule has 0 saturated heterocycles. The Kier molecular flexibility index (Phi) is 3.31. The standard InChI is InChI=1S/C9H12ClN5O/c1-6(3-4-16-2)15-9-7(13-14-15)8(10)11-5-12-9/h5-6H,3-4H2,1-2H3. The second-order valence-corrected chi connectivity index (χ2v) is 3.86. The van der Waals surface area contributed by atoms with Crippen LogP contribution in [0.3, 0.4) is 0 Å². The molecule has 0 saturated carbocycles. The quantitative estimate of drug-likeness (QED) is 0.759. The zero-order chi connectivity index (χ0) is 11.5. The Morgan fingerprint density at radius 2 is 2.31 bits per heavy atom. The number of nitrogens with zero attached hydrogens (tertiary/aromatic N) is 5. The highest BCUT2D eigenvalue weighted by Crippen LogP contribution is 2.19. The Hall–Kier alpha value is -1.27. The van der Waals surface area contributed by atoms with E-state index in [-0.39, 0.29) is 6.04 Å². The number of hydrogen-bond donors (Lipinski definition) is 0. The van der Waals surface area contributed by atoms with E-state index in [0.717, 1.165) is 6.42 Å². The summed E-state index contributed by atoms with van der Waals surface area (Å²) in [6.45, 7) is 2.70. The first-order valence-corrected chi connectivity index (χ1v) is 5.32. The summed E-state index contributed by atoms with van der Waals surface area (Å²) in [4.78, 5) is 7.99. The summed E-state index contributed by atoms with van der Waals surface area (Å²) in [5.74, 6) is 0. The SMILES string of the molecule is COCCC(C)n1nnc2c(Cl)ncnc21. The monoisotopic (exact) mass is 241 g/mol. The highest BCUT2D eigenvalue weighted by Gasteiger charge is 2.14. The van der Waals surface area contributed by atoms with Gasteiger partial charge in [-0.15, -0.1) is 5.10 Å². The Bertz CT molecular complexity index is 486. The molecule has 0 aliphatic rings. The van der Waals surface area contributed by atoms with Crippen LogP contribution in [0.2, 0.25) is 5.15 Å². The maximum atomic E-state index is 5.89. The van der Waals surface area contributed by atoms with Crippen LogP contribution in [0, 0.1) is 0 Å². The van der Waals surface area contributed by atoms with Crippen molar-refractivity contribution >= 4 is 22.8 Å². The van der Waals surface area contributed by atoms with Crippen molar-refractivity contribution in [1.29, 1.82) is 0 Å². The largest absolute Gasteiger partial charge is 0.385 e. The molecule has 2 heterocycles. The van der Waals surface area contributed by atoms with Crippen LogP contribution in [0.5, 0.6) is 0 Å². The molecule has 7 heteroatoms. The van der Waals surface area contributed by atoms with Crippen LogP contribution in [0.15, 0.2) is 6.33 Å². The normalized spacial score (nSPS) is 13.2. The molecule has 0 fully saturated rings. The highest BCUT2D eigenvalue weighted by molar-refractivity contribution is 6.33. The summed E-state index contributed by atoms with van der Waals surface area (Å²) < 4.78 is 6.76. The predicted molar refractivity (Wildman–Crippen MR) is 59.3 cm³/mol. The number of rotatable bonds is 4. The molecule has 1 atom stereocenters. The summed E-state index contributed by atoms with van der Waals surface area (Å²) in [7, 11) is 1.67. The summed E-state index contributed by atoms with van der Waals surface area (Å²) in [5, 5.41) is 8.32. The summed E-state index contributed by atoms with van der Waals surface area (Å²) in [6, 6.07) is 0.163. The van der Waals surface area contributed by atoms with Gasteiger partial charge in [0.25, 0.3) is 0 Å². The second-order valence-electron chi connectivity index (χ2n) is 3.50. The van der Waals surface area contributed by atoms with Gasteiger partial charge in [-0.25, -0.2) is 14.6 Å². The van der Waals surface area contributed by atoms with Crippen molar-refractivity contribution in [2.24, 2.45) is 0 Å². The molecular weight excluding hydrogens is 230 g/mol. The average Bonchev–Trinajstić information content (AvgIpc) is 2.71. The highest BCUT2D eigenvalue weighted by atomic mass is 35.5. The third kappa shape index (κ3) is 1.98. The first-order chi connectivity index (χ1) is 7.74. The van der Waals surface area contributed by atoms with Crippen molar-refractivity contribution < 1.29 is 4.74 Å². The maximum Gasteiger partial charge on any atom is 0.183 e. The topological polar surface area (TPSA) is 65.7 Å². The van der Waals surface area contributed by atoms with E-state index in [1.165, 1.54) is 6.33 Å². The smallest absolute Gasteiger partial charge is 0.183 e. The van der Waals surface area contributed by atoms with E-state index in [4.69, 9.17) is 16.3 Å². The Morgan fingerprint density at radius 1 is 1.50 bits per heavy atom. The van der Waals surface area contributed by atoms with E-state index in [9.17, 15) is 0 Å². The van der Waals surface area contributed by atoms with Crippen LogP contribution in [-0.4, -0.2) is 38.7 Å². The fourth-order valence-electron chi connectivity index (χ4n) is 1.45. The van der Waals surface area contributed by atoms with E-state index in [0.29, 0.717) is 22.9 Å². The lowest BCUT2D eigenvalue weighted by atomic mass is 10.2. The van der Waals surface area contributed by atoms with Gasteiger partial charge < -0.3 is 4.74 Å². The zero-order valence-electron chi connectivity index (χ0n) is 9.09. The first kappa shape index (κ1) is 11.2. The molecular formula is C9H12ClN5O. The fraction of sp³-hybridized carbons (Fsp3) is 0.556. The number of halogens is 1. The molecule has 0 radical (unpaired) electrons. The third-order valence-electron chi connectivity index (χ3n) is 2.37. The van der Waals surface area contributed by atoms with Gasteiger partial charge in [-0.2, -0.15) is 0 Å². The molecule has 0 N–H and O–H groups in total. The molecule has 0 amide bonds. The molecule has 0 aromatic carbocycles. The predicted octanol–water partition coefficient (Wildman–Crippen LogP) is 1.47. The minimum absolute atomic E-state index is 0.163. The molecule has 6 nitrogen and oxygen atoms in total. The summed E-state index contributed by atoms with van der Waals surface area (Å²) in [5.41, 5.74) is 1.19. The molecule has 0 aliphatic carbocycles. The van der Waals surface area contributed by atoms with Crippen LogP contribution in [0.1, 0.15) is 19.4 Å². The number of methoxy groups -OCH3 is 1. The van der Waals surface area contributed by atoms with E-state index in [1.54, 1.807) is 11.8 Å². The lowest BCUT2D eigenvalue weighted by Crippen LogP contribution is -2.10. The molecule has 16 heavy (non-hydrogen) atoms. The number of hydrogen-bond acceptors (Lipinski definition) is 5. The van der Waals surface area contributed by atoms with Gasteiger partial charge in [-0.05, 0) is 13.3 Å².